The maximum absolute atomic E-state index is 13.5. The number of rotatable bonds is 3. The van der Waals surface area contributed by atoms with Gasteiger partial charge in [-0.25, -0.2) is 4.39 Å². The number of nitrogens with two attached hydrogens (primary N) is 1. The molecule has 2 N–H and O–H groups in total. The molecular weight excluding hydrogens is 277 g/mol. The fraction of sp³-hybridized carbons (Fsp3) is 0.429. The molecule has 0 bridgehead atoms. The van der Waals surface area contributed by atoms with Crippen LogP contribution >= 0.6 is 12.2 Å². The first-order chi connectivity index (χ1) is 9.45. The highest BCUT2D eigenvalue weighted by molar-refractivity contribution is 7.80. The predicted molar refractivity (Wildman–Crippen MR) is 79.8 cm³/mol. The van der Waals surface area contributed by atoms with E-state index in [9.17, 15) is 9.18 Å². The lowest BCUT2D eigenvalue weighted by atomic mass is 10.1. The van der Waals surface area contributed by atoms with E-state index in [0.717, 1.165) is 18.7 Å². The summed E-state index contributed by atoms with van der Waals surface area (Å²) in [6.07, 6.45) is 0. The van der Waals surface area contributed by atoms with Gasteiger partial charge in [-0.15, -0.1) is 0 Å². The minimum absolute atomic E-state index is 0.103. The summed E-state index contributed by atoms with van der Waals surface area (Å²) in [5.74, 6) is -0.223. The molecule has 0 saturated carbocycles. The molecule has 0 aliphatic carbocycles. The van der Waals surface area contributed by atoms with E-state index in [0.29, 0.717) is 25.2 Å². The van der Waals surface area contributed by atoms with Crippen molar-refractivity contribution in [2.75, 3.05) is 26.2 Å². The van der Waals surface area contributed by atoms with Gasteiger partial charge in [0, 0.05) is 45.2 Å². The largest absolute Gasteiger partial charge is 0.389 e. The maximum Gasteiger partial charge on any atom is 0.219 e. The highest BCUT2D eigenvalue weighted by atomic mass is 32.1. The molecule has 1 aromatic carbocycles. The van der Waals surface area contributed by atoms with Crippen molar-refractivity contribution in [2.24, 2.45) is 5.73 Å². The van der Waals surface area contributed by atoms with Crippen molar-refractivity contribution in [1.82, 2.24) is 9.80 Å². The first-order valence-corrected chi connectivity index (χ1v) is 6.93. The Morgan fingerprint density at radius 3 is 2.50 bits per heavy atom. The van der Waals surface area contributed by atoms with Crippen LogP contribution in [0.1, 0.15) is 18.1 Å². The zero-order valence-electron chi connectivity index (χ0n) is 11.4. The Labute approximate surface area is 123 Å². The van der Waals surface area contributed by atoms with Crippen LogP contribution < -0.4 is 5.73 Å². The Morgan fingerprint density at radius 1 is 1.30 bits per heavy atom. The standard InChI is InChI=1S/C14H18FN3OS/c1-10(19)18-4-2-17(3-5-18)9-11-6-12(14(16)20)8-13(15)7-11/h6-8H,2-5,9H2,1H3,(H2,16,20). The van der Waals surface area contributed by atoms with E-state index in [4.69, 9.17) is 18.0 Å². The van der Waals surface area contributed by atoms with Crippen LogP contribution in [0.2, 0.25) is 0 Å². The number of amides is 1. The molecule has 0 unspecified atom stereocenters. The van der Waals surface area contributed by atoms with Crippen molar-refractivity contribution in [1.29, 1.82) is 0 Å². The zero-order valence-corrected chi connectivity index (χ0v) is 12.3. The Balaban J connectivity index is 2.01. The number of carbonyl (C=O) groups is 1. The van der Waals surface area contributed by atoms with E-state index in [2.05, 4.69) is 4.90 Å². The van der Waals surface area contributed by atoms with Gasteiger partial charge in [0.2, 0.25) is 5.91 Å². The summed E-state index contributed by atoms with van der Waals surface area (Å²) in [6, 6.07) is 4.67. The van der Waals surface area contributed by atoms with Gasteiger partial charge in [0.15, 0.2) is 0 Å². The molecule has 1 aromatic rings. The highest BCUT2D eigenvalue weighted by Gasteiger charge is 2.18. The molecule has 0 atom stereocenters. The summed E-state index contributed by atoms with van der Waals surface area (Å²) < 4.78 is 13.5. The summed E-state index contributed by atoms with van der Waals surface area (Å²) in [5.41, 5.74) is 6.95. The Morgan fingerprint density at radius 2 is 1.95 bits per heavy atom. The van der Waals surface area contributed by atoms with Crippen LogP contribution in [0.15, 0.2) is 18.2 Å². The minimum Gasteiger partial charge on any atom is -0.389 e. The summed E-state index contributed by atoms with van der Waals surface area (Å²) >= 11 is 4.88. The summed E-state index contributed by atoms with van der Waals surface area (Å²) in [5, 5.41) is 0. The SMILES string of the molecule is CC(=O)N1CCN(Cc2cc(F)cc(C(N)=S)c2)CC1. The van der Waals surface area contributed by atoms with Gasteiger partial charge < -0.3 is 10.6 Å². The number of thiocarbonyl (C=S) groups is 1. The van der Waals surface area contributed by atoms with Crippen molar-refractivity contribution < 1.29 is 9.18 Å². The molecule has 6 heteroatoms. The molecule has 1 aliphatic rings. The lowest BCUT2D eigenvalue weighted by Gasteiger charge is -2.34. The third-order valence-corrected chi connectivity index (χ3v) is 3.70. The molecule has 4 nitrogen and oxygen atoms in total. The van der Waals surface area contributed by atoms with E-state index in [1.807, 2.05) is 11.0 Å². The van der Waals surface area contributed by atoms with E-state index >= 15 is 0 Å². The van der Waals surface area contributed by atoms with Crippen molar-refractivity contribution in [3.8, 4) is 0 Å². The number of piperazine rings is 1. The lowest BCUT2D eigenvalue weighted by molar-refractivity contribution is -0.130. The smallest absolute Gasteiger partial charge is 0.219 e. The predicted octanol–water partition coefficient (Wildman–Crippen LogP) is 1.12. The lowest BCUT2D eigenvalue weighted by Crippen LogP contribution is -2.47. The van der Waals surface area contributed by atoms with E-state index < -0.39 is 0 Å². The van der Waals surface area contributed by atoms with Crippen molar-refractivity contribution >= 4 is 23.1 Å². The molecule has 1 fully saturated rings. The Bertz CT molecular complexity index is 527. The number of hydrogen-bond donors (Lipinski definition) is 1. The van der Waals surface area contributed by atoms with E-state index in [1.165, 1.54) is 12.1 Å². The molecule has 1 aliphatic heterocycles. The van der Waals surface area contributed by atoms with Crippen LogP contribution in [-0.4, -0.2) is 46.9 Å². The normalized spacial score (nSPS) is 16.2. The van der Waals surface area contributed by atoms with Crippen molar-refractivity contribution in [3.05, 3.63) is 35.1 Å². The highest BCUT2D eigenvalue weighted by Crippen LogP contribution is 2.13. The van der Waals surface area contributed by atoms with Gasteiger partial charge in [0.05, 0.1) is 0 Å². The van der Waals surface area contributed by atoms with Crippen molar-refractivity contribution in [3.63, 3.8) is 0 Å². The van der Waals surface area contributed by atoms with Gasteiger partial charge in [0.25, 0.3) is 0 Å². The van der Waals surface area contributed by atoms with Gasteiger partial charge in [-0.3, -0.25) is 9.69 Å². The molecule has 0 aromatic heterocycles. The topological polar surface area (TPSA) is 49.6 Å². The van der Waals surface area contributed by atoms with Gasteiger partial charge in [-0.1, -0.05) is 12.2 Å². The van der Waals surface area contributed by atoms with Gasteiger partial charge in [-0.2, -0.15) is 0 Å². The fourth-order valence-electron chi connectivity index (χ4n) is 2.36. The molecular formula is C14H18FN3OS. The molecule has 108 valence electrons. The molecule has 0 radical (unpaired) electrons. The first-order valence-electron chi connectivity index (χ1n) is 6.53. The average Bonchev–Trinajstić information content (AvgIpc) is 2.38. The second-order valence-electron chi connectivity index (χ2n) is 4.99. The quantitative estimate of drug-likeness (QED) is 0.849. The summed E-state index contributed by atoms with van der Waals surface area (Å²) in [7, 11) is 0. The van der Waals surface area contributed by atoms with Crippen molar-refractivity contribution in [2.45, 2.75) is 13.5 Å². The zero-order chi connectivity index (χ0) is 14.7. The maximum atomic E-state index is 13.5. The van der Waals surface area contributed by atoms with Crippen LogP contribution in [0.3, 0.4) is 0 Å². The van der Waals surface area contributed by atoms with Crippen LogP contribution in [-0.2, 0) is 11.3 Å². The monoisotopic (exact) mass is 295 g/mol. The summed E-state index contributed by atoms with van der Waals surface area (Å²) in [4.78, 5) is 15.5. The van der Waals surface area contributed by atoms with Crippen LogP contribution in [0.5, 0.6) is 0 Å². The van der Waals surface area contributed by atoms with Gasteiger partial charge in [0.1, 0.15) is 10.8 Å². The summed E-state index contributed by atoms with van der Waals surface area (Å²) in [6.45, 7) is 5.23. The number of benzene rings is 1. The number of nitrogens with zero attached hydrogens (tertiary/aromatic N) is 2. The number of halogens is 1. The van der Waals surface area contributed by atoms with Crippen LogP contribution in [0, 0.1) is 5.82 Å². The first kappa shape index (κ1) is 14.9. The van der Waals surface area contributed by atoms with E-state index in [1.54, 1.807) is 6.92 Å². The molecule has 1 amide bonds. The van der Waals surface area contributed by atoms with Gasteiger partial charge in [-0.05, 0) is 23.8 Å². The average molecular weight is 295 g/mol. The number of hydrogen-bond acceptors (Lipinski definition) is 3. The third-order valence-electron chi connectivity index (χ3n) is 3.47. The fourth-order valence-corrected chi connectivity index (χ4v) is 2.48. The number of carbonyl (C=O) groups excluding carboxylic acids is 1. The second kappa shape index (κ2) is 6.28. The van der Waals surface area contributed by atoms with Gasteiger partial charge >= 0.3 is 0 Å². The van der Waals surface area contributed by atoms with E-state index in [-0.39, 0.29) is 16.7 Å². The third kappa shape index (κ3) is 3.74. The molecule has 1 saturated heterocycles. The Hall–Kier alpha value is -1.53. The molecule has 2 rings (SSSR count). The Kier molecular flexibility index (Phi) is 4.67. The minimum atomic E-state index is -0.326. The second-order valence-corrected chi connectivity index (χ2v) is 5.43. The molecule has 20 heavy (non-hydrogen) atoms. The molecule has 1 heterocycles. The van der Waals surface area contributed by atoms with Crippen LogP contribution in [0.25, 0.3) is 0 Å². The molecule has 0 spiro atoms. The van der Waals surface area contributed by atoms with Crippen LogP contribution in [0.4, 0.5) is 4.39 Å².